The van der Waals surface area contributed by atoms with Crippen molar-refractivity contribution in [3.63, 3.8) is 0 Å². The number of halogens is 1. The number of rotatable bonds is 4. The van der Waals surface area contributed by atoms with E-state index in [0.29, 0.717) is 30.8 Å². The van der Waals surface area contributed by atoms with Crippen molar-refractivity contribution in [3.05, 3.63) is 66.2 Å². The summed E-state index contributed by atoms with van der Waals surface area (Å²) < 4.78 is 14.6. The van der Waals surface area contributed by atoms with E-state index in [2.05, 4.69) is 20.8 Å². The monoisotopic (exact) mass is 394 g/mol. The molecule has 1 aromatic heterocycles. The molecule has 1 aliphatic rings. The number of hydrogen-bond acceptors (Lipinski definition) is 5. The molecular formula is C20H19FN6O2. The van der Waals surface area contributed by atoms with Crippen LogP contribution in [0.1, 0.15) is 23.2 Å². The van der Waals surface area contributed by atoms with Gasteiger partial charge in [-0.25, -0.2) is 9.07 Å². The van der Waals surface area contributed by atoms with Crippen LogP contribution in [0.15, 0.2) is 54.9 Å². The lowest BCUT2D eigenvalue weighted by atomic mass is 9.96. The Morgan fingerprint density at radius 3 is 2.52 bits per heavy atom. The first-order valence-electron chi connectivity index (χ1n) is 9.29. The second-order valence-electron chi connectivity index (χ2n) is 6.89. The lowest BCUT2D eigenvalue weighted by Gasteiger charge is -2.32. The molecule has 9 heteroatoms. The van der Waals surface area contributed by atoms with Crippen LogP contribution in [-0.4, -0.2) is 50.0 Å². The quantitative estimate of drug-likeness (QED) is 0.733. The van der Waals surface area contributed by atoms with E-state index in [1.807, 2.05) is 0 Å². The number of piperidine rings is 1. The third-order valence-corrected chi connectivity index (χ3v) is 4.92. The Morgan fingerprint density at radius 1 is 1.07 bits per heavy atom. The molecular weight excluding hydrogens is 375 g/mol. The fraction of sp³-hybridized carbons (Fsp3) is 0.250. The van der Waals surface area contributed by atoms with Gasteiger partial charge in [-0.05, 0) is 71.8 Å². The zero-order valence-electron chi connectivity index (χ0n) is 15.5. The van der Waals surface area contributed by atoms with E-state index in [1.54, 1.807) is 29.2 Å². The average Bonchev–Trinajstić information content (AvgIpc) is 3.29. The topological polar surface area (TPSA) is 93.0 Å². The number of carbonyl (C=O) groups is 2. The summed E-state index contributed by atoms with van der Waals surface area (Å²) in [5.41, 5.74) is 1.86. The minimum absolute atomic E-state index is 0.128. The zero-order chi connectivity index (χ0) is 20.2. The number of anilines is 1. The van der Waals surface area contributed by atoms with Crippen molar-refractivity contribution >= 4 is 17.5 Å². The molecule has 1 atom stereocenters. The summed E-state index contributed by atoms with van der Waals surface area (Å²) >= 11 is 0. The fourth-order valence-electron chi connectivity index (χ4n) is 3.37. The SMILES string of the molecule is O=C(Nc1ccc(-n2cnnn2)cc1)C1CCCN(C(=O)c2ccc(F)cc2)C1. The molecule has 0 bridgehead atoms. The first-order chi connectivity index (χ1) is 14.1. The van der Waals surface area contributed by atoms with E-state index >= 15 is 0 Å². The highest BCUT2D eigenvalue weighted by atomic mass is 19.1. The molecule has 3 aromatic rings. The van der Waals surface area contributed by atoms with Gasteiger partial charge in [-0.3, -0.25) is 9.59 Å². The van der Waals surface area contributed by atoms with Gasteiger partial charge in [0.05, 0.1) is 11.6 Å². The lowest BCUT2D eigenvalue weighted by molar-refractivity contribution is -0.121. The third kappa shape index (κ3) is 4.29. The largest absolute Gasteiger partial charge is 0.338 e. The molecule has 4 rings (SSSR count). The Hall–Kier alpha value is -3.62. The normalized spacial score (nSPS) is 16.4. The predicted octanol–water partition coefficient (Wildman–Crippen LogP) is 2.29. The maximum absolute atomic E-state index is 13.1. The molecule has 1 unspecified atom stereocenters. The highest BCUT2D eigenvalue weighted by Crippen LogP contribution is 2.21. The molecule has 1 N–H and O–H groups in total. The first-order valence-corrected chi connectivity index (χ1v) is 9.29. The second-order valence-corrected chi connectivity index (χ2v) is 6.89. The number of nitrogens with zero attached hydrogens (tertiary/aromatic N) is 5. The van der Waals surface area contributed by atoms with Gasteiger partial charge in [-0.1, -0.05) is 0 Å². The molecule has 0 aliphatic carbocycles. The summed E-state index contributed by atoms with van der Waals surface area (Å²) in [5, 5.41) is 13.9. The Kier molecular flexibility index (Phi) is 5.28. The summed E-state index contributed by atoms with van der Waals surface area (Å²) in [6.45, 7) is 0.922. The van der Waals surface area contributed by atoms with Gasteiger partial charge in [0.25, 0.3) is 5.91 Å². The molecule has 148 valence electrons. The second kappa shape index (κ2) is 8.17. The maximum atomic E-state index is 13.1. The number of hydrogen-bond donors (Lipinski definition) is 1. The van der Waals surface area contributed by atoms with Gasteiger partial charge in [0.1, 0.15) is 12.1 Å². The minimum Gasteiger partial charge on any atom is -0.338 e. The van der Waals surface area contributed by atoms with Crippen molar-refractivity contribution in [2.45, 2.75) is 12.8 Å². The molecule has 2 heterocycles. The maximum Gasteiger partial charge on any atom is 0.253 e. The fourth-order valence-corrected chi connectivity index (χ4v) is 3.37. The Labute approximate surface area is 166 Å². The van der Waals surface area contributed by atoms with Crippen LogP contribution in [-0.2, 0) is 4.79 Å². The van der Waals surface area contributed by atoms with E-state index in [4.69, 9.17) is 0 Å². The summed E-state index contributed by atoms with van der Waals surface area (Å²) in [4.78, 5) is 27.0. The van der Waals surface area contributed by atoms with Crippen LogP contribution in [0.25, 0.3) is 5.69 Å². The van der Waals surface area contributed by atoms with Gasteiger partial charge >= 0.3 is 0 Å². The highest BCUT2D eigenvalue weighted by molar-refractivity contribution is 5.96. The van der Waals surface area contributed by atoms with Gasteiger partial charge in [-0.2, -0.15) is 0 Å². The molecule has 0 radical (unpaired) electrons. The van der Waals surface area contributed by atoms with Gasteiger partial charge < -0.3 is 10.2 Å². The van der Waals surface area contributed by atoms with Crippen molar-refractivity contribution in [1.82, 2.24) is 25.1 Å². The molecule has 0 saturated carbocycles. The van der Waals surface area contributed by atoms with Crippen LogP contribution in [0.2, 0.25) is 0 Å². The van der Waals surface area contributed by atoms with E-state index in [1.165, 1.54) is 35.3 Å². The van der Waals surface area contributed by atoms with Gasteiger partial charge in [0.2, 0.25) is 5.91 Å². The van der Waals surface area contributed by atoms with Crippen LogP contribution in [0.3, 0.4) is 0 Å². The smallest absolute Gasteiger partial charge is 0.253 e. The van der Waals surface area contributed by atoms with Crippen molar-refractivity contribution < 1.29 is 14.0 Å². The molecule has 29 heavy (non-hydrogen) atoms. The van der Waals surface area contributed by atoms with Crippen molar-refractivity contribution in [2.75, 3.05) is 18.4 Å². The van der Waals surface area contributed by atoms with Gasteiger partial charge in [0.15, 0.2) is 0 Å². The number of likely N-dealkylation sites (tertiary alicyclic amines) is 1. The number of nitrogens with one attached hydrogen (secondary N) is 1. The summed E-state index contributed by atoms with van der Waals surface area (Å²) in [7, 11) is 0. The van der Waals surface area contributed by atoms with Crippen molar-refractivity contribution in [1.29, 1.82) is 0 Å². The van der Waals surface area contributed by atoms with Crippen molar-refractivity contribution in [2.24, 2.45) is 5.92 Å². The van der Waals surface area contributed by atoms with Crippen LogP contribution in [0.4, 0.5) is 10.1 Å². The van der Waals surface area contributed by atoms with E-state index in [9.17, 15) is 14.0 Å². The number of tetrazole rings is 1. The van der Waals surface area contributed by atoms with Gasteiger partial charge in [-0.15, -0.1) is 5.10 Å². The Morgan fingerprint density at radius 2 is 1.83 bits per heavy atom. The van der Waals surface area contributed by atoms with E-state index in [-0.39, 0.29) is 23.5 Å². The third-order valence-electron chi connectivity index (χ3n) is 4.92. The lowest BCUT2D eigenvalue weighted by Crippen LogP contribution is -2.43. The Bertz CT molecular complexity index is 989. The summed E-state index contributed by atoms with van der Waals surface area (Å²) in [5.74, 6) is -0.999. The van der Waals surface area contributed by atoms with Crippen LogP contribution in [0.5, 0.6) is 0 Å². The van der Waals surface area contributed by atoms with Crippen LogP contribution in [0, 0.1) is 11.7 Å². The van der Waals surface area contributed by atoms with E-state index in [0.717, 1.165) is 12.1 Å². The highest BCUT2D eigenvalue weighted by Gasteiger charge is 2.29. The van der Waals surface area contributed by atoms with Gasteiger partial charge in [0, 0.05) is 24.3 Å². The molecule has 2 aromatic carbocycles. The standard InChI is InChI=1S/C20H19FN6O2/c21-16-5-3-14(4-6-16)20(29)26-11-1-2-15(12-26)19(28)23-17-7-9-18(10-8-17)27-13-22-24-25-27/h3-10,13,15H,1-2,11-12H2,(H,23,28). The molecule has 1 fully saturated rings. The Balaban J connectivity index is 1.38. The molecule has 0 spiro atoms. The van der Waals surface area contributed by atoms with Crippen LogP contribution >= 0.6 is 0 Å². The van der Waals surface area contributed by atoms with Crippen molar-refractivity contribution in [3.8, 4) is 5.69 Å². The number of amides is 2. The zero-order valence-corrected chi connectivity index (χ0v) is 15.5. The van der Waals surface area contributed by atoms with E-state index < -0.39 is 0 Å². The molecule has 1 saturated heterocycles. The summed E-state index contributed by atoms with van der Waals surface area (Å²) in [6, 6.07) is 12.6. The molecule has 8 nitrogen and oxygen atoms in total. The summed E-state index contributed by atoms with van der Waals surface area (Å²) in [6.07, 6.45) is 2.94. The van der Waals surface area contributed by atoms with Crippen LogP contribution < -0.4 is 5.32 Å². The number of benzene rings is 2. The minimum atomic E-state index is -0.386. The number of carbonyl (C=O) groups excluding carboxylic acids is 2. The predicted molar refractivity (Wildman–Crippen MR) is 103 cm³/mol. The average molecular weight is 394 g/mol. The number of aromatic nitrogens is 4. The molecule has 2 amide bonds. The molecule has 1 aliphatic heterocycles. The first kappa shape index (κ1) is 18.7.